The first-order valence-electron chi connectivity index (χ1n) is 1.93. The lowest BCUT2D eigenvalue weighted by Gasteiger charge is -1.88. The normalized spacial score (nSPS) is 11.6. The standard InChI is InChI=1S/C4H7ClN2S/c1-3(5)7-4(2)8-6/h1,6H2,2H3. The van der Waals surface area contributed by atoms with E-state index in [1.165, 1.54) is 0 Å². The van der Waals surface area contributed by atoms with Crippen molar-refractivity contribution in [3.8, 4) is 0 Å². The molecule has 0 bridgehead atoms. The highest BCUT2D eigenvalue weighted by Crippen LogP contribution is 2.02. The average Bonchev–Trinajstić information content (AvgIpc) is 1.65. The highest BCUT2D eigenvalue weighted by molar-refractivity contribution is 8.11. The Labute approximate surface area is 57.9 Å². The van der Waals surface area contributed by atoms with E-state index in [1.807, 2.05) is 0 Å². The van der Waals surface area contributed by atoms with E-state index >= 15 is 0 Å². The summed E-state index contributed by atoms with van der Waals surface area (Å²) in [5.41, 5.74) is 0. The molecule has 0 aliphatic heterocycles. The maximum absolute atomic E-state index is 5.30. The van der Waals surface area contributed by atoms with Crippen LogP contribution in [0.25, 0.3) is 0 Å². The van der Waals surface area contributed by atoms with Crippen LogP contribution in [0, 0.1) is 0 Å². The first-order valence-corrected chi connectivity index (χ1v) is 3.19. The summed E-state index contributed by atoms with van der Waals surface area (Å²) in [4.78, 5) is 3.72. The number of nitrogens with two attached hydrogens (primary N) is 1. The van der Waals surface area contributed by atoms with Crippen LogP contribution >= 0.6 is 23.5 Å². The topological polar surface area (TPSA) is 38.4 Å². The molecule has 0 saturated heterocycles. The average molecular weight is 151 g/mol. The second-order valence-electron chi connectivity index (χ2n) is 1.12. The molecule has 0 amide bonds. The van der Waals surface area contributed by atoms with Crippen LogP contribution in [0.3, 0.4) is 0 Å². The van der Waals surface area contributed by atoms with Gasteiger partial charge in [-0.2, -0.15) is 0 Å². The molecule has 0 saturated carbocycles. The smallest absolute Gasteiger partial charge is 0.122 e. The summed E-state index contributed by atoms with van der Waals surface area (Å²) in [5, 5.41) is 6.08. The van der Waals surface area contributed by atoms with Crippen molar-refractivity contribution in [1.82, 2.24) is 0 Å². The summed E-state index contributed by atoms with van der Waals surface area (Å²) in [7, 11) is 0. The van der Waals surface area contributed by atoms with E-state index in [0.717, 1.165) is 11.9 Å². The molecule has 0 aromatic carbocycles. The summed E-state index contributed by atoms with van der Waals surface area (Å²) in [5.74, 6) is 0. The Morgan fingerprint density at radius 1 is 1.88 bits per heavy atom. The zero-order chi connectivity index (χ0) is 6.57. The summed E-state index contributed by atoms with van der Waals surface area (Å²) < 4.78 is 0. The summed E-state index contributed by atoms with van der Waals surface area (Å²) in [6, 6.07) is 0. The third-order valence-corrected chi connectivity index (χ3v) is 0.966. The van der Waals surface area contributed by atoms with E-state index in [-0.39, 0.29) is 5.16 Å². The van der Waals surface area contributed by atoms with E-state index in [1.54, 1.807) is 6.92 Å². The minimum absolute atomic E-state index is 0.264. The molecule has 8 heavy (non-hydrogen) atoms. The molecule has 2 nitrogen and oxygen atoms in total. The van der Waals surface area contributed by atoms with Crippen molar-refractivity contribution < 1.29 is 0 Å². The summed E-state index contributed by atoms with van der Waals surface area (Å²) >= 11 is 6.36. The fraction of sp³-hybridized carbons (Fsp3) is 0.250. The van der Waals surface area contributed by atoms with Crippen molar-refractivity contribution in [3.63, 3.8) is 0 Å². The zero-order valence-electron chi connectivity index (χ0n) is 4.52. The molecule has 4 heteroatoms. The van der Waals surface area contributed by atoms with E-state index < -0.39 is 0 Å². The lowest BCUT2D eigenvalue weighted by atomic mass is 10.8. The third kappa shape index (κ3) is 4.18. The fourth-order valence-corrected chi connectivity index (χ4v) is 0.537. The van der Waals surface area contributed by atoms with Gasteiger partial charge in [0.05, 0.1) is 5.04 Å². The quantitative estimate of drug-likeness (QED) is 0.268. The maximum atomic E-state index is 5.30. The van der Waals surface area contributed by atoms with Crippen molar-refractivity contribution >= 4 is 28.6 Å². The number of aliphatic imine (C=N–C) groups is 1. The van der Waals surface area contributed by atoms with Gasteiger partial charge in [0.2, 0.25) is 0 Å². The molecule has 0 rings (SSSR count). The predicted molar refractivity (Wildman–Crippen MR) is 39.9 cm³/mol. The van der Waals surface area contributed by atoms with E-state index in [2.05, 4.69) is 11.6 Å². The molecular formula is C4H7ClN2S. The molecule has 0 radical (unpaired) electrons. The van der Waals surface area contributed by atoms with E-state index in [0.29, 0.717) is 5.04 Å². The molecule has 0 aliphatic rings. The van der Waals surface area contributed by atoms with Gasteiger partial charge in [-0.3, -0.25) is 5.14 Å². The molecule has 0 fully saturated rings. The van der Waals surface area contributed by atoms with Crippen LogP contribution in [0.2, 0.25) is 0 Å². The maximum Gasteiger partial charge on any atom is 0.122 e. The Kier molecular flexibility index (Phi) is 3.95. The van der Waals surface area contributed by atoms with Crippen LogP contribution in [0.5, 0.6) is 0 Å². The van der Waals surface area contributed by atoms with Gasteiger partial charge in [-0.15, -0.1) is 0 Å². The van der Waals surface area contributed by atoms with Crippen LogP contribution in [-0.4, -0.2) is 5.04 Å². The van der Waals surface area contributed by atoms with Crippen molar-refractivity contribution in [2.75, 3.05) is 0 Å². The van der Waals surface area contributed by atoms with Crippen molar-refractivity contribution in [3.05, 3.63) is 11.7 Å². The Hall–Kier alpha value is 0.01000. The van der Waals surface area contributed by atoms with Gasteiger partial charge in [-0.1, -0.05) is 18.2 Å². The van der Waals surface area contributed by atoms with Crippen LogP contribution in [-0.2, 0) is 0 Å². The van der Waals surface area contributed by atoms with Gasteiger partial charge < -0.3 is 0 Å². The molecule has 0 aromatic rings. The van der Waals surface area contributed by atoms with Gasteiger partial charge in [-0.25, -0.2) is 4.99 Å². The molecule has 0 aromatic heterocycles. The van der Waals surface area contributed by atoms with Crippen LogP contribution in [0.4, 0.5) is 0 Å². The third-order valence-electron chi connectivity index (χ3n) is 0.449. The van der Waals surface area contributed by atoms with E-state index in [9.17, 15) is 0 Å². The summed E-state index contributed by atoms with van der Waals surface area (Å²) in [6.45, 7) is 5.11. The Balaban J connectivity index is 3.75. The molecule has 0 spiro atoms. The van der Waals surface area contributed by atoms with Crippen LogP contribution in [0.15, 0.2) is 16.7 Å². The number of halogens is 1. The van der Waals surface area contributed by atoms with E-state index in [4.69, 9.17) is 16.7 Å². The van der Waals surface area contributed by atoms with Crippen LogP contribution in [0.1, 0.15) is 6.92 Å². The van der Waals surface area contributed by atoms with Crippen molar-refractivity contribution in [2.45, 2.75) is 6.92 Å². The highest BCUT2D eigenvalue weighted by atomic mass is 35.5. The van der Waals surface area contributed by atoms with Crippen LogP contribution < -0.4 is 5.14 Å². The van der Waals surface area contributed by atoms with Gasteiger partial charge in [0.1, 0.15) is 5.16 Å². The number of hydrogen-bond acceptors (Lipinski definition) is 3. The first-order chi connectivity index (χ1) is 3.66. The monoisotopic (exact) mass is 150 g/mol. The Morgan fingerprint density at radius 2 is 2.38 bits per heavy atom. The van der Waals surface area contributed by atoms with Gasteiger partial charge in [0, 0.05) is 0 Å². The molecule has 46 valence electrons. The van der Waals surface area contributed by atoms with Gasteiger partial charge in [0.15, 0.2) is 0 Å². The minimum atomic E-state index is 0.264. The second kappa shape index (κ2) is 3.95. The molecular weight excluding hydrogens is 144 g/mol. The Bertz CT molecular complexity index is 121. The molecule has 0 unspecified atom stereocenters. The number of rotatable bonds is 1. The minimum Gasteiger partial charge on any atom is -0.273 e. The summed E-state index contributed by atoms with van der Waals surface area (Å²) in [6.07, 6.45) is 0. The SMILES string of the molecule is C=C(Cl)N=C(C)SN. The van der Waals surface area contributed by atoms with Gasteiger partial charge in [0.25, 0.3) is 0 Å². The first kappa shape index (κ1) is 8.01. The van der Waals surface area contributed by atoms with Gasteiger partial charge >= 0.3 is 0 Å². The number of hydrogen-bond donors (Lipinski definition) is 1. The van der Waals surface area contributed by atoms with Gasteiger partial charge in [-0.05, 0) is 18.9 Å². The predicted octanol–water partition coefficient (Wildman–Crippen LogP) is 1.72. The fourth-order valence-electron chi connectivity index (χ4n) is 0.197. The largest absolute Gasteiger partial charge is 0.273 e. The lowest BCUT2D eigenvalue weighted by Crippen LogP contribution is -1.88. The van der Waals surface area contributed by atoms with Crippen molar-refractivity contribution in [2.24, 2.45) is 10.1 Å². The number of nitrogens with zero attached hydrogens (tertiary/aromatic N) is 1. The highest BCUT2D eigenvalue weighted by Gasteiger charge is 1.84. The molecule has 0 aliphatic carbocycles. The zero-order valence-corrected chi connectivity index (χ0v) is 6.09. The van der Waals surface area contributed by atoms with Crippen molar-refractivity contribution in [1.29, 1.82) is 0 Å². The second-order valence-corrected chi connectivity index (χ2v) is 2.39. The lowest BCUT2D eigenvalue weighted by molar-refractivity contribution is 1.54. The molecule has 2 N–H and O–H groups in total. The Morgan fingerprint density at radius 3 is 2.50 bits per heavy atom. The molecule has 0 heterocycles. The molecule has 0 atom stereocenters.